The SMILES string of the molecule is CCN(CC)CC#CCCN.Cl.Cl. The number of nitrogens with zero attached hydrogens (tertiary/aromatic N) is 1. The van der Waals surface area contributed by atoms with Crippen LogP contribution in [0.15, 0.2) is 0 Å². The molecule has 0 atom stereocenters. The third kappa shape index (κ3) is 12.1. The van der Waals surface area contributed by atoms with E-state index in [1.54, 1.807) is 0 Å². The van der Waals surface area contributed by atoms with Gasteiger partial charge in [0.2, 0.25) is 0 Å². The lowest BCUT2D eigenvalue weighted by Crippen LogP contribution is -2.22. The lowest BCUT2D eigenvalue weighted by molar-refractivity contribution is 0.342. The minimum absolute atomic E-state index is 0. The molecule has 0 bridgehead atoms. The highest BCUT2D eigenvalue weighted by molar-refractivity contribution is 5.85. The molecule has 4 heteroatoms. The summed E-state index contributed by atoms with van der Waals surface area (Å²) in [5.74, 6) is 6.10. The monoisotopic (exact) mass is 226 g/mol. The molecule has 0 rings (SSSR count). The molecular formula is C9H20Cl2N2. The van der Waals surface area contributed by atoms with Crippen LogP contribution in [0.3, 0.4) is 0 Å². The Hall–Kier alpha value is 0.0600. The first kappa shape index (κ1) is 18.8. The lowest BCUT2D eigenvalue weighted by Gasteiger charge is -2.13. The minimum atomic E-state index is 0. The van der Waals surface area contributed by atoms with Crippen LogP contribution in [-0.2, 0) is 0 Å². The second-order valence-electron chi connectivity index (χ2n) is 2.35. The van der Waals surface area contributed by atoms with Gasteiger partial charge in [0.15, 0.2) is 0 Å². The van der Waals surface area contributed by atoms with Crippen LogP contribution in [0, 0.1) is 11.8 Å². The van der Waals surface area contributed by atoms with E-state index in [4.69, 9.17) is 5.73 Å². The quantitative estimate of drug-likeness (QED) is 0.738. The van der Waals surface area contributed by atoms with Crippen molar-refractivity contribution in [3.05, 3.63) is 0 Å². The third-order valence-corrected chi connectivity index (χ3v) is 1.59. The van der Waals surface area contributed by atoms with Crippen LogP contribution in [0.2, 0.25) is 0 Å². The number of hydrogen-bond donors (Lipinski definition) is 1. The molecule has 0 heterocycles. The molecule has 0 aliphatic rings. The fourth-order valence-electron chi connectivity index (χ4n) is 0.775. The van der Waals surface area contributed by atoms with Gasteiger partial charge in [-0.2, -0.15) is 0 Å². The van der Waals surface area contributed by atoms with Gasteiger partial charge >= 0.3 is 0 Å². The normalized spacial score (nSPS) is 8.00. The lowest BCUT2D eigenvalue weighted by atomic mass is 10.4. The summed E-state index contributed by atoms with van der Waals surface area (Å²) in [5, 5.41) is 0. The van der Waals surface area contributed by atoms with Crippen molar-refractivity contribution < 1.29 is 0 Å². The number of halogens is 2. The van der Waals surface area contributed by atoms with Gasteiger partial charge < -0.3 is 5.73 Å². The molecule has 0 amide bonds. The first-order valence-electron chi connectivity index (χ1n) is 4.23. The van der Waals surface area contributed by atoms with Crippen molar-refractivity contribution in [2.45, 2.75) is 20.3 Å². The van der Waals surface area contributed by atoms with Crippen molar-refractivity contribution in [1.29, 1.82) is 0 Å². The van der Waals surface area contributed by atoms with E-state index in [2.05, 4.69) is 30.6 Å². The largest absolute Gasteiger partial charge is 0.330 e. The van der Waals surface area contributed by atoms with Crippen molar-refractivity contribution in [1.82, 2.24) is 4.90 Å². The summed E-state index contributed by atoms with van der Waals surface area (Å²) in [5.41, 5.74) is 5.29. The highest BCUT2D eigenvalue weighted by Gasteiger charge is 1.92. The summed E-state index contributed by atoms with van der Waals surface area (Å²) < 4.78 is 0. The third-order valence-electron chi connectivity index (χ3n) is 1.59. The Morgan fingerprint density at radius 2 is 1.62 bits per heavy atom. The van der Waals surface area contributed by atoms with Gasteiger partial charge in [0.05, 0.1) is 6.54 Å². The average Bonchev–Trinajstić information content (AvgIpc) is 2.05. The molecule has 0 unspecified atom stereocenters. The topological polar surface area (TPSA) is 29.3 Å². The predicted molar refractivity (Wildman–Crippen MR) is 63.7 cm³/mol. The zero-order valence-corrected chi connectivity index (χ0v) is 10.0. The van der Waals surface area contributed by atoms with Crippen LogP contribution in [-0.4, -0.2) is 31.1 Å². The molecule has 0 fully saturated rings. The molecule has 13 heavy (non-hydrogen) atoms. The second-order valence-corrected chi connectivity index (χ2v) is 2.35. The zero-order valence-electron chi connectivity index (χ0n) is 8.38. The van der Waals surface area contributed by atoms with Gasteiger partial charge in [0, 0.05) is 13.0 Å². The van der Waals surface area contributed by atoms with E-state index >= 15 is 0 Å². The molecule has 0 aliphatic carbocycles. The molecule has 2 N–H and O–H groups in total. The summed E-state index contributed by atoms with van der Waals surface area (Å²) in [6.07, 6.45) is 0.821. The Balaban J connectivity index is -0.000000500. The fraction of sp³-hybridized carbons (Fsp3) is 0.778. The van der Waals surface area contributed by atoms with Crippen LogP contribution in [0.25, 0.3) is 0 Å². The van der Waals surface area contributed by atoms with Crippen LogP contribution < -0.4 is 5.73 Å². The van der Waals surface area contributed by atoms with Crippen LogP contribution in [0.4, 0.5) is 0 Å². The van der Waals surface area contributed by atoms with Crippen LogP contribution >= 0.6 is 24.8 Å². The molecule has 0 saturated heterocycles. The molecule has 0 spiro atoms. The van der Waals surface area contributed by atoms with E-state index in [-0.39, 0.29) is 24.8 Å². The Kier molecular flexibility index (Phi) is 21.0. The molecule has 0 aliphatic heterocycles. The molecule has 0 aromatic heterocycles. The summed E-state index contributed by atoms with van der Waals surface area (Å²) >= 11 is 0. The summed E-state index contributed by atoms with van der Waals surface area (Å²) in [6, 6.07) is 0. The average molecular weight is 227 g/mol. The molecular weight excluding hydrogens is 207 g/mol. The van der Waals surface area contributed by atoms with Crippen molar-refractivity contribution in [3.63, 3.8) is 0 Å². The van der Waals surface area contributed by atoms with Gasteiger partial charge in [-0.05, 0) is 13.1 Å². The molecule has 0 aromatic rings. The summed E-state index contributed by atoms with van der Waals surface area (Å²) in [6.45, 7) is 8.00. The number of rotatable bonds is 4. The van der Waals surface area contributed by atoms with E-state index in [1.165, 1.54) is 0 Å². The van der Waals surface area contributed by atoms with Crippen molar-refractivity contribution in [3.8, 4) is 11.8 Å². The standard InChI is InChI=1S/C9H18N2.2ClH/c1-3-11(4-2)9-7-5-6-8-10;;/h3-4,6,8-10H2,1-2H3;2*1H. The maximum Gasteiger partial charge on any atom is 0.0601 e. The Labute approximate surface area is 94.1 Å². The van der Waals surface area contributed by atoms with Crippen molar-refractivity contribution in [2.24, 2.45) is 5.73 Å². The van der Waals surface area contributed by atoms with Gasteiger partial charge in [-0.25, -0.2) is 0 Å². The van der Waals surface area contributed by atoms with E-state index < -0.39 is 0 Å². The smallest absolute Gasteiger partial charge is 0.0601 e. The maximum absolute atomic E-state index is 5.29. The van der Waals surface area contributed by atoms with Crippen molar-refractivity contribution in [2.75, 3.05) is 26.2 Å². The highest BCUT2D eigenvalue weighted by Crippen LogP contribution is 1.83. The van der Waals surface area contributed by atoms with Gasteiger partial charge in [-0.3, -0.25) is 4.90 Å². The maximum atomic E-state index is 5.29. The van der Waals surface area contributed by atoms with E-state index in [9.17, 15) is 0 Å². The number of nitrogens with two attached hydrogens (primary N) is 1. The molecule has 2 nitrogen and oxygen atoms in total. The Morgan fingerprint density at radius 3 is 2.00 bits per heavy atom. The second kappa shape index (κ2) is 14.6. The molecule has 0 radical (unpaired) electrons. The van der Waals surface area contributed by atoms with E-state index in [1.807, 2.05) is 0 Å². The summed E-state index contributed by atoms with van der Waals surface area (Å²) in [7, 11) is 0. The van der Waals surface area contributed by atoms with Crippen LogP contribution in [0.1, 0.15) is 20.3 Å². The van der Waals surface area contributed by atoms with Gasteiger partial charge in [-0.15, -0.1) is 30.7 Å². The van der Waals surface area contributed by atoms with Gasteiger partial charge in [0.1, 0.15) is 0 Å². The summed E-state index contributed by atoms with van der Waals surface area (Å²) in [4.78, 5) is 2.28. The molecule has 0 aromatic carbocycles. The van der Waals surface area contributed by atoms with E-state index in [0.717, 1.165) is 26.1 Å². The molecule has 80 valence electrons. The fourth-order valence-corrected chi connectivity index (χ4v) is 0.775. The van der Waals surface area contributed by atoms with Crippen molar-refractivity contribution >= 4 is 24.8 Å². The Morgan fingerprint density at radius 1 is 1.08 bits per heavy atom. The van der Waals surface area contributed by atoms with E-state index in [0.29, 0.717) is 6.54 Å². The van der Waals surface area contributed by atoms with Gasteiger partial charge in [-0.1, -0.05) is 19.8 Å². The minimum Gasteiger partial charge on any atom is -0.330 e. The highest BCUT2D eigenvalue weighted by atomic mass is 35.5. The Bertz CT molecular complexity index is 136. The predicted octanol–water partition coefficient (Wildman–Crippen LogP) is 1.52. The number of hydrogen-bond acceptors (Lipinski definition) is 2. The molecule has 0 saturated carbocycles. The zero-order chi connectivity index (χ0) is 8.53. The first-order valence-corrected chi connectivity index (χ1v) is 4.23. The first-order chi connectivity index (χ1) is 5.35. The van der Waals surface area contributed by atoms with Gasteiger partial charge in [0.25, 0.3) is 0 Å². The van der Waals surface area contributed by atoms with Crippen LogP contribution in [0.5, 0.6) is 0 Å².